The average molecular weight is 497 g/mol. The number of carbonyl (C=O) groups is 1. The predicted molar refractivity (Wildman–Crippen MR) is 139 cm³/mol. The number of thiazole rings is 1. The molecule has 180 valence electrons. The molecule has 0 unspecified atom stereocenters. The number of carboxylic acids is 1. The van der Waals surface area contributed by atoms with Gasteiger partial charge in [-0.15, -0.1) is 11.3 Å². The Morgan fingerprint density at radius 3 is 2.42 bits per heavy atom. The lowest BCUT2D eigenvalue weighted by atomic mass is 10.0. The van der Waals surface area contributed by atoms with E-state index >= 15 is 0 Å². The maximum absolute atomic E-state index is 11.1. The monoisotopic (exact) mass is 496 g/mol. The van der Waals surface area contributed by atoms with E-state index in [2.05, 4.69) is 9.97 Å². The van der Waals surface area contributed by atoms with Crippen molar-refractivity contribution in [3.63, 3.8) is 0 Å². The summed E-state index contributed by atoms with van der Waals surface area (Å²) >= 11 is 1.59. The van der Waals surface area contributed by atoms with Gasteiger partial charge in [0.2, 0.25) is 5.88 Å². The first-order chi connectivity index (χ1) is 17.6. The van der Waals surface area contributed by atoms with Gasteiger partial charge in [-0.05, 0) is 17.5 Å². The van der Waals surface area contributed by atoms with E-state index in [1.165, 1.54) is 0 Å². The van der Waals surface area contributed by atoms with Gasteiger partial charge in [0, 0.05) is 41.4 Å². The fourth-order valence-corrected chi connectivity index (χ4v) is 4.63. The van der Waals surface area contributed by atoms with E-state index in [1.807, 2.05) is 89.1 Å². The number of rotatable bonds is 10. The smallest absolute Gasteiger partial charge is 0.303 e. The number of nitrogens with zero attached hydrogens (tertiary/aromatic N) is 4. The zero-order valence-electron chi connectivity index (χ0n) is 19.4. The molecule has 8 heteroatoms. The first-order valence-electron chi connectivity index (χ1n) is 11.5. The van der Waals surface area contributed by atoms with Crippen LogP contribution in [0.4, 0.5) is 0 Å². The molecule has 0 saturated heterocycles. The number of aryl methyl sites for hydroxylation is 1. The normalized spacial score (nSPS) is 10.9. The van der Waals surface area contributed by atoms with Crippen molar-refractivity contribution in [2.24, 2.45) is 0 Å². The molecule has 0 aliphatic carbocycles. The van der Waals surface area contributed by atoms with Gasteiger partial charge in [0.25, 0.3) is 0 Å². The van der Waals surface area contributed by atoms with E-state index in [-0.39, 0.29) is 6.42 Å². The van der Waals surface area contributed by atoms with E-state index in [1.54, 1.807) is 17.5 Å². The topological polar surface area (TPSA) is 90.1 Å². The molecule has 5 aromatic rings. The quantitative estimate of drug-likeness (QED) is 0.266. The lowest BCUT2D eigenvalue weighted by Gasteiger charge is -2.05. The van der Waals surface area contributed by atoms with Crippen LogP contribution in [0.25, 0.3) is 21.8 Å². The van der Waals surface area contributed by atoms with Gasteiger partial charge in [-0.3, -0.25) is 9.48 Å². The highest BCUT2D eigenvalue weighted by atomic mass is 32.1. The summed E-state index contributed by atoms with van der Waals surface area (Å²) in [6, 6.07) is 23.7. The molecule has 0 radical (unpaired) electrons. The van der Waals surface area contributed by atoms with Crippen molar-refractivity contribution in [3.05, 3.63) is 107 Å². The lowest BCUT2D eigenvalue weighted by Crippen LogP contribution is -2.02. The SMILES string of the molecule is O=C(O)CCc1cn(Cc2ccc(OCc3csc(-c4ccccc4)n3)nc2)nc1-c1ccccc1. The summed E-state index contributed by atoms with van der Waals surface area (Å²) in [7, 11) is 0. The Balaban J connectivity index is 1.23. The minimum Gasteiger partial charge on any atom is -0.481 e. The number of carboxylic acid groups (broad SMARTS) is 1. The van der Waals surface area contributed by atoms with Crippen LogP contribution in [0, 0.1) is 0 Å². The van der Waals surface area contributed by atoms with Gasteiger partial charge in [-0.1, -0.05) is 66.7 Å². The van der Waals surface area contributed by atoms with Gasteiger partial charge >= 0.3 is 5.97 Å². The summed E-state index contributed by atoms with van der Waals surface area (Å²) < 4.78 is 7.67. The van der Waals surface area contributed by atoms with Gasteiger partial charge in [0.15, 0.2) is 0 Å². The van der Waals surface area contributed by atoms with Crippen LogP contribution in [0.3, 0.4) is 0 Å². The summed E-state index contributed by atoms with van der Waals surface area (Å²) in [5, 5.41) is 16.8. The molecule has 7 nitrogen and oxygen atoms in total. The Morgan fingerprint density at radius 1 is 0.972 bits per heavy atom. The van der Waals surface area contributed by atoms with Crippen LogP contribution in [0.2, 0.25) is 0 Å². The molecule has 0 aliphatic heterocycles. The molecule has 0 spiro atoms. The van der Waals surface area contributed by atoms with Crippen LogP contribution in [0.1, 0.15) is 23.2 Å². The van der Waals surface area contributed by atoms with Crippen LogP contribution in [-0.2, 0) is 24.4 Å². The van der Waals surface area contributed by atoms with Crippen molar-refractivity contribution >= 4 is 17.3 Å². The molecule has 36 heavy (non-hydrogen) atoms. The van der Waals surface area contributed by atoms with E-state index in [0.29, 0.717) is 25.5 Å². The largest absolute Gasteiger partial charge is 0.481 e. The molecule has 3 heterocycles. The van der Waals surface area contributed by atoms with Gasteiger partial charge < -0.3 is 9.84 Å². The van der Waals surface area contributed by atoms with Crippen molar-refractivity contribution < 1.29 is 14.6 Å². The van der Waals surface area contributed by atoms with Crippen LogP contribution in [0.15, 0.2) is 90.6 Å². The molecular weight excluding hydrogens is 472 g/mol. The summed E-state index contributed by atoms with van der Waals surface area (Å²) in [4.78, 5) is 20.2. The minimum absolute atomic E-state index is 0.0605. The third kappa shape index (κ3) is 5.84. The number of pyridine rings is 1. The number of aliphatic carboxylic acids is 1. The third-order valence-electron chi connectivity index (χ3n) is 5.58. The van der Waals surface area contributed by atoms with E-state index in [9.17, 15) is 4.79 Å². The van der Waals surface area contributed by atoms with Crippen LogP contribution in [-0.4, -0.2) is 30.8 Å². The van der Waals surface area contributed by atoms with Crippen molar-refractivity contribution in [1.82, 2.24) is 19.7 Å². The zero-order valence-corrected chi connectivity index (χ0v) is 20.3. The second kappa shape index (κ2) is 11.0. The Bertz CT molecular complexity index is 1430. The fourth-order valence-electron chi connectivity index (χ4n) is 3.82. The molecule has 0 aliphatic rings. The van der Waals surface area contributed by atoms with Crippen LogP contribution in [0.5, 0.6) is 5.88 Å². The second-order valence-electron chi connectivity index (χ2n) is 8.26. The summed E-state index contributed by atoms with van der Waals surface area (Å²) in [6.07, 6.45) is 4.17. The van der Waals surface area contributed by atoms with Gasteiger partial charge in [-0.25, -0.2) is 9.97 Å². The van der Waals surface area contributed by atoms with E-state index < -0.39 is 5.97 Å². The average Bonchev–Trinajstić information content (AvgIpc) is 3.55. The Hall–Kier alpha value is -4.30. The molecule has 0 amide bonds. The van der Waals surface area contributed by atoms with Crippen LogP contribution < -0.4 is 4.74 Å². The first-order valence-corrected chi connectivity index (χ1v) is 12.4. The summed E-state index contributed by atoms with van der Waals surface area (Å²) in [5.41, 5.74) is 5.61. The minimum atomic E-state index is -0.824. The molecule has 2 aromatic carbocycles. The maximum atomic E-state index is 11.1. The van der Waals surface area contributed by atoms with Crippen molar-refractivity contribution in [1.29, 1.82) is 0 Å². The Kier molecular flexibility index (Phi) is 7.14. The fraction of sp³-hybridized carbons (Fsp3) is 0.143. The molecule has 0 fully saturated rings. The Morgan fingerprint density at radius 2 is 1.72 bits per heavy atom. The molecule has 0 atom stereocenters. The standard InChI is InChI=1S/C28H24N4O3S/c33-26(34)14-12-23-17-32(31-27(23)21-7-3-1-4-8-21)16-20-11-13-25(29-15-20)35-18-24-19-36-28(30-24)22-9-5-2-6-10-22/h1-11,13,15,17,19H,12,14,16,18H2,(H,33,34). The summed E-state index contributed by atoms with van der Waals surface area (Å²) in [5.74, 6) is -0.295. The number of ether oxygens (including phenoxy) is 1. The van der Waals surface area contributed by atoms with Crippen molar-refractivity contribution in [3.8, 4) is 27.7 Å². The van der Waals surface area contributed by atoms with Gasteiger partial charge in [0.1, 0.15) is 11.6 Å². The zero-order chi connectivity index (χ0) is 24.7. The second-order valence-corrected chi connectivity index (χ2v) is 9.12. The third-order valence-corrected chi connectivity index (χ3v) is 6.52. The molecular formula is C28H24N4O3S. The maximum Gasteiger partial charge on any atom is 0.303 e. The molecule has 0 saturated carbocycles. The molecule has 3 aromatic heterocycles. The number of aromatic nitrogens is 4. The number of hydrogen-bond acceptors (Lipinski definition) is 6. The number of benzene rings is 2. The van der Waals surface area contributed by atoms with Gasteiger partial charge in [-0.2, -0.15) is 5.10 Å². The molecule has 1 N–H and O–H groups in total. The first kappa shape index (κ1) is 23.4. The highest BCUT2D eigenvalue weighted by Gasteiger charge is 2.13. The molecule has 0 bridgehead atoms. The van der Waals surface area contributed by atoms with Gasteiger partial charge in [0.05, 0.1) is 17.9 Å². The predicted octanol–water partition coefficient (Wildman–Crippen LogP) is 5.71. The van der Waals surface area contributed by atoms with Crippen molar-refractivity contribution in [2.45, 2.75) is 26.0 Å². The highest BCUT2D eigenvalue weighted by molar-refractivity contribution is 7.13. The summed E-state index contributed by atoms with van der Waals surface area (Å²) in [6.45, 7) is 0.870. The lowest BCUT2D eigenvalue weighted by molar-refractivity contribution is -0.136. The van der Waals surface area contributed by atoms with Crippen LogP contribution >= 0.6 is 11.3 Å². The molecule has 5 rings (SSSR count). The van der Waals surface area contributed by atoms with E-state index in [4.69, 9.17) is 14.9 Å². The van der Waals surface area contributed by atoms with Crippen molar-refractivity contribution in [2.75, 3.05) is 0 Å². The highest BCUT2D eigenvalue weighted by Crippen LogP contribution is 2.25. The Labute approximate surface area is 212 Å². The van der Waals surface area contributed by atoms with E-state index in [0.717, 1.165) is 38.6 Å². The number of hydrogen-bond donors (Lipinski definition) is 1.